The van der Waals surface area contributed by atoms with Crippen LogP contribution in [-0.4, -0.2) is 35.1 Å². The molecule has 1 aromatic carbocycles. The summed E-state index contributed by atoms with van der Waals surface area (Å²) in [6, 6.07) is 6.03. The molecule has 0 aliphatic heterocycles. The Morgan fingerprint density at radius 3 is 2.47 bits per heavy atom. The third kappa shape index (κ3) is 4.13. The maximum absolute atomic E-state index is 10.5. The van der Waals surface area contributed by atoms with Crippen molar-refractivity contribution in [3.63, 3.8) is 0 Å². The maximum Gasteiger partial charge on any atom is 0.269 e. The van der Waals surface area contributed by atoms with Gasteiger partial charge in [0.1, 0.15) is 0 Å². The van der Waals surface area contributed by atoms with Gasteiger partial charge in [-0.2, -0.15) is 0 Å². The summed E-state index contributed by atoms with van der Waals surface area (Å²) in [5, 5.41) is 20.4. The summed E-state index contributed by atoms with van der Waals surface area (Å²) in [5.74, 6) is 0. The Labute approximate surface area is 101 Å². The molecule has 0 aliphatic rings. The number of aliphatic hydroxyl groups is 1. The lowest BCUT2D eigenvalue weighted by Crippen LogP contribution is -2.25. The van der Waals surface area contributed by atoms with E-state index >= 15 is 0 Å². The van der Waals surface area contributed by atoms with Gasteiger partial charge in [0.2, 0.25) is 0 Å². The topological polar surface area (TPSA) is 66.6 Å². The molecule has 0 heterocycles. The minimum Gasteiger partial charge on any atom is -0.387 e. The van der Waals surface area contributed by atoms with Gasteiger partial charge < -0.3 is 10.0 Å². The first kappa shape index (κ1) is 13.6. The molecule has 0 amide bonds. The number of non-ortho nitro benzene ring substituents is 1. The van der Waals surface area contributed by atoms with Crippen LogP contribution in [0.3, 0.4) is 0 Å². The highest BCUT2D eigenvalue weighted by molar-refractivity contribution is 5.33. The predicted molar refractivity (Wildman–Crippen MR) is 65.8 cm³/mol. The highest BCUT2D eigenvalue weighted by atomic mass is 16.6. The largest absolute Gasteiger partial charge is 0.387 e. The van der Waals surface area contributed by atoms with Crippen LogP contribution >= 0.6 is 0 Å². The number of nitrogens with zero attached hydrogens (tertiary/aromatic N) is 2. The first-order chi connectivity index (χ1) is 8.04. The molecule has 0 aromatic heterocycles. The van der Waals surface area contributed by atoms with Crippen molar-refractivity contribution in [3.8, 4) is 0 Å². The normalized spacial score (nSPS) is 12.7. The second kappa shape index (κ2) is 6.32. The van der Waals surface area contributed by atoms with Gasteiger partial charge in [-0.3, -0.25) is 10.1 Å². The number of likely N-dealkylation sites (N-methyl/N-ethyl adjacent to an activating group) is 1. The molecule has 1 aromatic rings. The summed E-state index contributed by atoms with van der Waals surface area (Å²) in [5.41, 5.74) is 0.751. The molecule has 0 saturated carbocycles. The molecule has 5 nitrogen and oxygen atoms in total. The van der Waals surface area contributed by atoms with Crippen LogP contribution in [0.15, 0.2) is 24.3 Å². The standard InChI is InChI=1S/C12H18N2O3/c1-3-8-13(2)9-12(15)10-4-6-11(7-5-10)14(16)17/h4-7,12,15H,3,8-9H2,1-2H3. The van der Waals surface area contributed by atoms with Crippen molar-refractivity contribution in [1.29, 1.82) is 0 Å². The molecule has 0 aliphatic carbocycles. The average Bonchev–Trinajstić information content (AvgIpc) is 2.29. The molecule has 94 valence electrons. The van der Waals surface area contributed by atoms with E-state index in [1.165, 1.54) is 12.1 Å². The molecule has 0 spiro atoms. The van der Waals surface area contributed by atoms with Crippen LogP contribution < -0.4 is 0 Å². The zero-order valence-corrected chi connectivity index (χ0v) is 10.2. The van der Waals surface area contributed by atoms with Crippen LogP contribution in [0, 0.1) is 10.1 Å². The summed E-state index contributed by atoms with van der Waals surface area (Å²) in [4.78, 5) is 12.1. The second-order valence-corrected chi connectivity index (χ2v) is 4.13. The molecule has 1 atom stereocenters. The number of rotatable bonds is 6. The van der Waals surface area contributed by atoms with E-state index in [1.807, 2.05) is 11.9 Å². The molecular formula is C12H18N2O3. The molecule has 1 rings (SSSR count). The average molecular weight is 238 g/mol. The van der Waals surface area contributed by atoms with Gasteiger partial charge in [0.05, 0.1) is 11.0 Å². The van der Waals surface area contributed by atoms with Crippen molar-refractivity contribution in [2.75, 3.05) is 20.1 Å². The van der Waals surface area contributed by atoms with E-state index in [2.05, 4.69) is 6.92 Å². The number of nitro benzene ring substituents is 1. The second-order valence-electron chi connectivity index (χ2n) is 4.13. The van der Waals surface area contributed by atoms with Crippen molar-refractivity contribution in [2.45, 2.75) is 19.4 Å². The van der Waals surface area contributed by atoms with Crippen LogP contribution in [0.25, 0.3) is 0 Å². The highest BCUT2D eigenvalue weighted by Gasteiger charge is 2.12. The molecule has 1 N–H and O–H groups in total. The Balaban J connectivity index is 2.63. The molecule has 17 heavy (non-hydrogen) atoms. The smallest absolute Gasteiger partial charge is 0.269 e. The van der Waals surface area contributed by atoms with E-state index in [9.17, 15) is 15.2 Å². The molecule has 1 unspecified atom stereocenters. The van der Waals surface area contributed by atoms with Crippen LogP contribution in [0.5, 0.6) is 0 Å². The van der Waals surface area contributed by atoms with Crippen molar-refractivity contribution in [3.05, 3.63) is 39.9 Å². The minimum absolute atomic E-state index is 0.0443. The SMILES string of the molecule is CCCN(C)CC(O)c1ccc([N+](=O)[O-])cc1. The number of nitro groups is 1. The van der Waals surface area contributed by atoms with Crippen molar-refractivity contribution >= 4 is 5.69 Å². The Hall–Kier alpha value is -1.46. The van der Waals surface area contributed by atoms with Crippen LogP contribution in [0.4, 0.5) is 5.69 Å². The Morgan fingerprint density at radius 2 is 2.00 bits per heavy atom. The quantitative estimate of drug-likeness (QED) is 0.607. The first-order valence-electron chi connectivity index (χ1n) is 5.65. The van der Waals surface area contributed by atoms with Gasteiger partial charge in [-0.15, -0.1) is 0 Å². The fourth-order valence-corrected chi connectivity index (χ4v) is 1.69. The van der Waals surface area contributed by atoms with E-state index < -0.39 is 11.0 Å². The summed E-state index contributed by atoms with van der Waals surface area (Å²) >= 11 is 0. The molecular weight excluding hydrogens is 220 g/mol. The summed E-state index contributed by atoms with van der Waals surface area (Å²) in [6.07, 6.45) is 0.427. The number of benzene rings is 1. The Kier molecular flexibility index (Phi) is 5.06. The van der Waals surface area contributed by atoms with Gasteiger partial charge in [-0.25, -0.2) is 0 Å². The van der Waals surface area contributed by atoms with Crippen molar-refractivity contribution in [2.24, 2.45) is 0 Å². The third-order valence-electron chi connectivity index (χ3n) is 2.58. The van der Waals surface area contributed by atoms with E-state index in [1.54, 1.807) is 12.1 Å². The summed E-state index contributed by atoms with van der Waals surface area (Å²) < 4.78 is 0. The zero-order chi connectivity index (χ0) is 12.8. The number of hydrogen-bond acceptors (Lipinski definition) is 4. The number of aliphatic hydroxyl groups excluding tert-OH is 1. The van der Waals surface area contributed by atoms with E-state index in [-0.39, 0.29) is 5.69 Å². The van der Waals surface area contributed by atoms with Crippen LogP contribution in [0.1, 0.15) is 25.0 Å². The lowest BCUT2D eigenvalue weighted by molar-refractivity contribution is -0.384. The molecule has 0 fully saturated rings. The zero-order valence-electron chi connectivity index (χ0n) is 10.2. The lowest BCUT2D eigenvalue weighted by atomic mass is 10.1. The monoisotopic (exact) mass is 238 g/mol. The van der Waals surface area contributed by atoms with Gasteiger partial charge >= 0.3 is 0 Å². The summed E-state index contributed by atoms with van der Waals surface area (Å²) in [6.45, 7) is 3.53. The van der Waals surface area contributed by atoms with E-state index in [4.69, 9.17) is 0 Å². The van der Waals surface area contributed by atoms with Gasteiger partial charge in [-0.1, -0.05) is 6.92 Å². The van der Waals surface area contributed by atoms with Gasteiger partial charge in [0.15, 0.2) is 0 Å². The van der Waals surface area contributed by atoms with Gasteiger partial charge in [-0.05, 0) is 37.7 Å². The fourth-order valence-electron chi connectivity index (χ4n) is 1.69. The maximum atomic E-state index is 10.5. The molecule has 5 heteroatoms. The van der Waals surface area contributed by atoms with Crippen LogP contribution in [-0.2, 0) is 0 Å². The predicted octanol–water partition coefficient (Wildman–Crippen LogP) is 1.97. The Bertz CT molecular complexity index is 365. The molecule has 0 radical (unpaired) electrons. The van der Waals surface area contributed by atoms with Gasteiger partial charge in [0.25, 0.3) is 5.69 Å². The van der Waals surface area contributed by atoms with Crippen molar-refractivity contribution < 1.29 is 10.0 Å². The fraction of sp³-hybridized carbons (Fsp3) is 0.500. The lowest BCUT2D eigenvalue weighted by Gasteiger charge is -2.19. The highest BCUT2D eigenvalue weighted by Crippen LogP contribution is 2.18. The van der Waals surface area contributed by atoms with E-state index in [0.717, 1.165) is 13.0 Å². The minimum atomic E-state index is -0.604. The van der Waals surface area contributed by atoms with Gasteiger partial charge in [0, 0.05) is 18.7 Å². The summed E-state index contributed by atoms with van der Waals surface area (Å²) in [7, 11) is 1.94. The number of hydrogen-bond donors (Lipinski definition) is 1. The Morgan fingerprint density at radius 1 is 1.41 bits per heavy atom. The van der Waals surface area contributed by atoms with Crippen LogP contribution in [0.2, 0.25) is 0 Å². The molecule has 0 saturated heterocycles. The van der Waals surface area contributed by atoms with Crippen molar-refractivity contribution in [1.82, 2.24) is 4.90 Å². The third-order valence-corrected chi connectivity index (χ3v) is 2.58. The molecule has 0 bridgehead atoms. The van der Waals surface area contributed by atoms with E-state index in [0.29, 0.717) is 12.1 Å². The first-order valence-corrected chi connectivity index (χ1v) is 5.65.